The van der Waals surface area contributed by atoms with Crippen molar-refractivity contribution >= 4 is 17.9 Å². The number of likely N-dealkylation sites (tertiary alicyclic amines) is 2. The third-order valence-corrected chi connectivity index (χ3v) is 4.79. The first-order chi connectivity index (χ1) is 11.7. The van der Waals surface area contributed by atoms with Crippen molar-refractivity contribution < 1.29 is 19.5 Å². The minimum atomic E-state index is -0.987. The molecule has 2 saturated heterocycles. The highest BCUT2D eigenvalue weighted by Gasteiger charge is 2.34. The van der Waals surface area contributed by atoms with Crippen LogP contribution in [0.5, 0.6) is 0 Å². The first-order valence-corrected chi connectivity index (χ1v) is 9.22. The Hall–Kier alpha value is -1.79. The lowest BCUT2D eigenvalue weighted by Gasteiger charge is -2.37. The van der Waals surface area contributed by atoms with E-state index in [1.165, 1.54) is 4.90 Å². The normalized spacial score (nSPS) is 19.2. The van der Waals surface area contributed by atoms with Gasteiger partial charge >= 0.3 is 12.0 Å². The average Bonchev–Trinajstić information content (AvgIpc) is 3.05. The Morgan fingerprint density at radius 3 is 2.00 bits per heavy atom. The molecule has 7 heteroatoms. The Morgan fingerprint density at radius 2 is 1.52 bits per heavy atom. The molecule has 0 aromatic heterocycles. The van der Waals surface area contributed by atoms with Crippen LogP contribution in [0.2, 0.25) is 0 Å². The maximum absolute atomic E-state index is 12.8. The monoisotopic (exact) mass is 353 g/mol. The number of aliphatic carboxylic acids is 1. The van der Waals surface area contributed by atoms with Gasteiger partial charge in [0.25, 0.3) is 0 Å². The fourth-order valence-electron chi connectivity index (χ4n) is 3.63. The standard InChI is InChI=1S/C18H31N3O4/c1-18(2,3)13-21(12-15(22)23)16(24)14-6-10-20(11-7-14)17(25)19-8-4-5-9-19/h14H,4-13H2,1-3H3,(H,22,23). The third kappa shape index (κ3) is 5.61. The van der Waals surface area contributed by atoms with E-state index in [1.807, 2.05) is 30.6 Å². The van der Waals surface area contributed by atoms with Crippen molar-refractivity contribution in [1.29, 1.82) is 0 Å². The lowest BCUT2D eigenvalue weighted by Crippen LogP contribution is -2.50. The van der Waals surface area contributed by atoms with E-state index in [0.717, 1.165) is 25.9 Å². The van der Waals surface area contributed by atoms with Gasteiger partial charge in [-0.25, -0.2) is 4.79 Å². The second-order valence-electron chi connectivity index (χ2n) is 8.39. The van der Waals surface area contributed by atoms with Gasteiger partial charge in [-0.1, -0.05) is 20.8 Å². The second kappa shape index (κ2) is 8.06. The summed E-state index contributed by atoms with van der Waals surface area (Å²) in [7, 11) is 0. The molecule has 0 radical (unpaired) electrons. The Balaban J connectivity index is 1.91. The quantitative estimate of drug-likeness (QED) is 0.837. The molecule has 0 unspecified atom stereocenters. The van der Waals surface area contributed by atoms with Crippen molar-refractivity contribution in [2.45, 2.75) is 46.5 Å². The summed E-state index contributed by atoms with van der Waals surface area (Å²) in [6.45, 7) is 8.94. The van der Waals surface area contributed by atoms with Crippen LogP contribution in [-0.4, -0.2) is 77.0 Å². The van der Waals surface area contributed by atoms with Gasteiger partial charge in [0.05, 0.1) is 0 Å². The second-order valence-corrected chi connectivity index (χ2v) is 8.39. The number of carbonyl (C=O) groups is 3. The van der Waals surface area contributed by atoms with Crippen molar-refractivity contribution in [1.82, 2.24) is 14.7 Å². The van der Waals surface area contributed by atoms with Crippen LogP contribution in [0.25, 0.3) is 0 Å². The molecule has 142 valence electrons. The van der Waals surface area contributed by atoms with Crippen LogP contribution < -0.4 is 0 Å². The first kappa shape index (κ1) is 19.5. The summed E-state index contributed by atoms with van der Waals surface area (Å²) in [6.07, 6.45) is 3.35. The number of piperidine rings is 1. The highest BCUT2D eigenvalue weighted by molar-refractivity contribution is 5.83. The molecule has 2 aliphatic rings. The molecule has 0 bridgehead atoms. The number of amides is 3. The molecule has 0 atom stereocenters. The number of carbonyl (C=O) groups excluding carboxylic acids is 2. The third-order valence-electron chi connectivity index (χ3n) is 4.79. The number of carboxylic acid groups (broad SMARTS) is 1. The van der Waals surface area contributed by atoms with E-state index in [9.17, 15) is 14.4 Å². The van der Waals surface area contributed by atoms with Gasteiger partial charge in [-0.3, -0.25) is 9.59 Å². The van der Waals surface area contributed by atoms with Gasteiger partial charge in [-0.15, -0.1) is 0 Å². The molecule has 0 aromatic carbocycles. The molecule has 0 spiro atoms. The number of urea groups is 1. The van der Waals surface area contributed by atoms with Crippen LogP contribution in [-0.2, 0) is 9.59 Å². The minimum absolute atomic E-state index is 0.0838. The fraction of sp³-hybridized carbons (Fsp3) is 0.833. The molecule has 0 saturated carbocycles. The smallest absolute Gasteiger partial charge is 0.323 e. The highest BCUT2D eigenvalue weighted by Crippen LogP contribution is 2.24. The molecule has 0 aromatic rings. The summed E-state index contributed by atoms with van der Waals surface area (Å²) >= 11 is 0. The van der Waals surface area contributed by atoms with Gasteiger partial charge in [0, 0.05) is 38.6 Å². The Kier molecular flexibility index (Phi) is 6.30. The van der Waals surface area contributed by atoms with Gasteiger partial charge < -0.3 is 19.8 Å². The number of nitrogens with zero attached hydrogens (tertiary/aromatic N) is 3. The maximum Gasteiger partial charge on any atom is 0.323 e. The van der Waals surface area contributed by atoms with Crippen molar-refractivity contribution in [3.8, 4) is 0 Å². The summed E-state index contributed by atoms with van der Waals surface area (Å²) in [5.41, 5.74) is -0.155. The fourth-order valence-corrected chi connectivity index (χ4v) is 3.63. The molecule has 1 N–H and O–H groups in total. The molecular formula is C18H31N3O4. The van der Waals surface area contributed by atoms with Crippen molar-refractivity contribution in [3.05, 3.63) is 0 Å². The molecule has 0 aliphatic carbocycles. The lowest BCUT2D eigenvalue weighted by molar-refractivity contribution is -0.148. The predicted molar refractivity (Wildman–Crippen MR) is 94.2 cm³/mol. The van der Waals surface area contributed by atoms with Gasteiger partial charge in [-0.05, 0) is 31.1 Å². The molecule has 25 heavy (non-hydrogen) atoms. The van der Waals surface area contributed by atoms with Crippen molar-refractivity contribution in [2.75, 3.05) is 39.3 Å². The summed E-state index contributed by atoms with van der Waals surface area (Å²) < 4.78 is 0. The lowest BCUT2D eigenvalue weighted by atomic mass is 9.92. The molecule has 3 amide bonds. The molecular weight excluding hydrogens is 322 g/mol. The number of hydrogen-bond acceptors (Lipinski definition) is 3. The van der Waals surface area contributed by atoms with E-state index < -0.39 is 5.97 Å². The van der Waals surface area contributed by atoms with E-state index >= 15 is 0 Å². The molecule has 7 nitrogen and oxygen atoms in total. The van der Waals surface area contributed by atoms with E-state index in [1.54, 1.807) is 0 Å². The number of rotatable bonds is 4. The van der Waals surface area contributed by atoms with Crippen LogP contribution in [0.3, 0.4) is 0 Å². The maximum atomic E-state index is 12.8. The summed E-state index contributed by atoms with van der Waals surface area (Å²) in [4.78, 5) is 41.5. The Bertz CT molecular complexity index is 501. The number of carboxylic acids is 1. The van der Waals surface area contributed by atoms with Crippen LogP contribution >= 0.6 is 0 Å². The van der Waals surface area contributed by atoms with Crippen molar-refractivity contribution in [2.24, 2.45) is 11.3 Å². The van der Waals surface area contributed by atoms with Gasteiger partial charge in [-0.2, -0.15) is 0 Å². The SMILES string of the molecule is CC(C)(C)CN(CC(=O)O)C(=O)C1CCN(C(=O)N2CCCC2)CC1. The number of hydrogen-bond donors (Lipinski definition) is 1. The zero-order chi connectivity index (χ0) is 18.6. The van der Waals surface area contributed by atoms with Crippen LogP contribution in [0.15, 0.2) is 0 Å². The van der Waals surface area contributed by atoms with Gasteiger partial charge in [0.15, 0.2) is 0 Å². The van der Waals surface area contributed by atoms with Crippen LogP contribution in [0.4, 0.5) is 4.79 Å². The molecule has 2 fully saturated rings. The minimum Gasteiger partial charge on any atom is -0.480 e. The predicted octanol–water partition coefficient (Wildman–Crippen LogP) is 1.87. The van der Waals surface area contributed by atoms with Gasteiger partial charge in [0.1, 0.15) is 6.54 Å². The summed E-state index contributed by atoms with van der Waals surface area (Å²) in [5.74, 6) is -1.27. The van der Waals surface area contributed by atoms with E-state index in [2.05, 4.69) is 0 Å². The van der Waals surface area contributed by atoms with E-state index in [0.29, 0.717) is 32.5 Å². The molecule has 2 aliphatic heterocycles. The highest BCUT2D eigenvalue weighted by atomic mass is 16.4. The summed E-state index contributed by atoms with van der Waals surface area (Å²) in [5, 5.41) is 9.11. The first-order valence-electron chi connectivity index (χ1n) is 9.22. The Morgan fingerprint density at radius 1 is 1.00 bits per heavy atom. The van der Waals surface area contributed by atoms with E-state index in [4.69, 9.17) is 5.11 Å². The van der Waals surface area contributed by atoms with Crippen LogP contribution in [0, 0.1) is 11.3 Å². The topological polar surface area (TPSA) is 81.2 Å². The van der Waals surface area contributed by atoms with Gasteiger partial charge in [0.2, 0.25) is 5.91 Å². The Labute approximate surface area is 149 Å². The molecule has 2 rings (SSSR count). The average molecular weight is 353 g/mol. The van der Waals surface area contributed by atoms with Crippen molar-refractivity contribution in [3.63, 3.8) is 0 Å². The van der Waals surface area contributed by atoms with E-state index in [-0.39, 0.29) is 29.8 Å². The zero-order valence-corrected chi connectivity index (χ0v) is 15.7. The largest absolute Gasteiger partial charge is 0.480 e. The zero-order valence-electron chi connectivity index (χ0n) is 15.7. The van der Waals surface area contributed by atoms with Crippen LogP contribution in [0.1, 0.15) is 46.5 Å². The summed E-state index contributed by atoms with van der Waals surface area (Å²) in [6, 6.07) is 0.0838. The molecule has 2 heterocycles.